The molecule has 20 heavy (non-hydrogen) atoms. The van der Waals surface area contributed by atoms with Gasteiger partial charge >= 0.3 is 0 Å². The lowest BCUT2D eigenvalue weighted by Crippen LogP contribution is -2.55. The summed E-state index contributed by atoms with van der Waals surface area (Å²) >= 11 is 0. The number of nitrogens with one attached hydrogen (secondary N) is 1. The first kappa shape index (κ1) is 16.3. The summed E-state index contributed by atoms with van der Waals surface area (Å²) in [4.78, 5) is 5.34. The predicted molar refractivity (Wildman–Crippen MR) is 87.2 cm³/mol. The van der Waals surface area contributed by atoms with Gasteiger partial charge in [-0.15, -0.1) is 0 Å². The molecule has 3 nitrogen and oxygen atoms in total. The van der Waals surface area contributed by atoms with Crippen LogP contribution >= 0.6 is 0 Å². The zero-order valence-electron chi connectivity index (χ0n) is 14.1. The first-order valence-corrected chi connectivity index (χ1v) is 8.71. The molecule has 1 saturated carbocycles. The zero-order valence-corrected chi connectivity index (χ0v) is 14.1. The van der Waals surface area contributed by atoms with E-state index in [1.807, 2.05) is 0 Å². The molecule has 2 atom stereocenters. The van der Waals surface area contributed by atoms with Crippen LogP contribution in [0.25, 0.3) is 0 Å². The Kier molecular flexibility index (Phi) is 5.88. The Labute approximate surface area is 126 Å². The van der Waals surface area contributed by atoms with Gasteiger partial charge in [0.25, 0.3) is 0 Å². The van der Waals surface area contributed by atoms with Crippen molar-refractivity contribution in [1.82, 2.24) is 15.1 Å². The molecule has 1 aliphatic heterocycles. The maximum absolute atomic E-state index is 3.72. The Morgan fingerprint density at radius 2 is 1.65 bits per heavy atom. The minimum absolute atomic E-state index is 0.337. The minimum atomic E-state index is 0.337. The van der Waals surface area contributed by atoms with E-state index in [2.05, 4.69) is 42.8 Å². The van der Waals surface area contributed by atoms with Crippen LogP contribution in [0, 0.1) is 5.92 Å². The van der Waals surface area contributed by atoms with E-state index >= 15 is 0 Å². The first-order chi connectivity index (χ1) is 9.50. The molecular formula is C17H35N3. The monoisotopic (exact) mass is 281 g/mol. The second kappa shape index (κ2) is 7.24. The van der Waals surface area contributed by atoms with E-state index in [0.29, 0.717) is 5.54 Å². The van der Waals surface area contributed by atoms with Crippen LogP contribution in [-0.4, -0.2) is 60.6 Å². The standard InChI is InChI=1S/C17H35N3/c1-5-18-16-9-7-6-8-15(16)14-19-10-12-20(13-11-19)17(2,3)4/h15-16,18H,5-14H2,1-4H3. The molecule has 3 heteroatoms. The molecule has 1 heterocycles. The quantitative estimate of drug-likeness (QED) is 0.854. The van der Waals surface area contributed by atoms with Crippen LogP contribution in [-0.2, 0) is 0 Å². The van der Waals surface area contributed by atoms with Crippen molar-refractivity contribution in [2.24, 2.45) is 5.92 Å². The van der Waals surface area contributed by atoms with Crippen LogP contribution in [0.15, 0.2) is 0 Å². The van der Waals surface area contributed by atoms with Crippen LogP contribution in [0.2, 0.25) is 0 Å². The van der Waals surface area contributed by atoms with Crippen molar-refractivity contribution in [1.29, 1.82) is 0 Å². The SMILES string of the molecule is CCNC1CCCCC1CN1CCN(C(C)(C)C)CC1. The molecule has 2 fully saturated rings. The molecule has 1 aliphatic carbocycles. The minimum Gasteiger partial charge on any atom is -0.314 e. The van der Waals surface area contributed by atoms with Crippen molar-refractivity contribution in [3.8, 4) is 0 Å². The molecule has 0 aromatic rings. The lowest BCUT2D eigenvalue weighted by Gasteiger charge is -2.44. The molecule has 0 amide bonds. The van der Waals surface area contributed by atoms with E-state index in [0.717, 1.165) is 18.5 Å². The Bertz CT molecular complexity index is 274. The molecule has 1 N–H and O–H groups in total. The van der Waals surface area contributed by atoms with Crippen molar-refractivity contribution < 1.29 is 0 Å². The second-order valence-corrected chi connectivity index (χ2v) is 7.67. The van der Waals surface area contributed by atoms with E-state index in [9.17, 15) is 0 Å². The second-order valence-electron chi connectivity index (χ2n) is 7.67. The average molecular weight is 281 g/mol. The van der Waals surface area contributed by atoms with Crippen LogP contribution in [0.4, 0.5) is 0 Å². The highest BCUT2D eigenvalue weighted by Crippen LogP contribution is 2.26. The van der Waals surface area contributed by atoms with Gasteiger partial charge in [-0.3, -0.25) is 4.90 Å². The fourth-order valence-electron chi connectivity index (χ4n) is 3.89. The number of nitrogens with zero attached hydrogens (tertiary/aromatic N) is 2. The highest BCUT2D eigenvalue weighted by atomic mass is 15.3. The van der Waals surface area contributed by atoms with Gasteiger partial charge in [0.05, 0.1) is 0 Å². The Balaban J connectivity index is 1.79. The summed E-state index contributed by atoms with van der Waals surface area (Å²) in [6.45, 7) is 16.7. The van der Waals surface area contributed by atoms with Gasteiger partial charge in [-0.25, -0.2) is 0 Å². The lowest BCUT2D eigenvalue weighted by molar-refractivity contribution is 0.0483. The largest absolute Gasteiger partial charge is 0.314 e. The summed E-state index contributed by atoms with van der Waals surface area (Å²) < 4.78 is 0. The third-order valence-corrected chi connectivity index (χ3v) is 5.19. The maximum atomic E-state index is 3.72. The summed E-state index contributed by atoms with van der Waals surface area (Å²) in [7, 11) is 0. The van der Waals surface area contributed by atoms with Crippen LogP contribution in [0.1, 0.15) is 53.4 Å². The summed E-state index contributed by atoms with van der Waals surface area (Å²) in [5.74, 6) is 0.880. The number of hydrogen-bond donors (Lipinski definition) is 1. The van der Waals surface area contributed by atoms with Gasteiger partial charge < -0.3 is 10.2 Å². The first-order valence-electron chi connectivity index (χ1n) is 8.71. The Morgan fingerprint density at radius 1 is 1.00 bits per heavy atom. The molecule has 2 aliphatic rings. The van der Waals surface area contributed by atoms with Gasteiger partial charge in [-0.2, -0.15) is 0 Å². The number of rotatable bonds is 4. The van der Waals surface area contributed by atoms with E-state index in [1.165, 1.54) is 58.4 Å². The van der Waals surface area contributed by atoms with E-state index < -0.39 is 0 Å². The molecule has 0 radical (unpaired) electrons. The van der Waals surface area contributed by atoms with Gasteiger partial charge in [-0.05, 0) is 46.1 Å². The van der Waals surface area contributed by atoms with E-state index in [1.54, 1.807) is 0 Å². The third kappa shape index (κ3) is 4.44. The highest BCUT2D eigenvalue weighted by Gasteiger charge is 2.30. The van der Waals surface area contributed by atoms with Crippen molar-refractivity contribution in [2.45, 2.75) is 65.0 Å². The van der Waals surface area contributed by atoms with Gasteiger partial charge in [0.2, 0.25) is 0 Å². The van der Waals surface area contributed by atoms with Gasteiger partial charge in [0, 0.05) is 44.3 Å². The summed E-state index contributed by atoms with van der Waals surface area (Å²) in [5.41, 5.74) is 0.337. The molecule has 0 aromatic heterocycles. The van der Waals surface area contributed by atoms with Gasteiger partial charge in [-0.1, -0.05) is 19.8 Å². The highest BCUT2D eigenvalue weighted by molar-refractivity contribution is 4.86. The molecule has 0 spiro atoms. The molecule has 118 valence electrons. The van der Waals surface area contributed by atoms with Crippen molar-refractivity contribution in [2.75, 3.05) is 39.3 Å². The molecule has 1 saturated heterocycles. The van der Waals surface area contributed by atoms with Crippen molar-refractivity contribution in [3.05, 3.63) is 0 Å². The molecule has 2 unspecified atom stereocenters. The average Bonchev–Trinajstić information content (AvgIpc) is 2.41. The summed E-state index contributed by atoms with van der Waals surface area (Å²) in [6, 6.07) is 0.773. The Morgan fingerprint density at radius 3 is 2.25 bits per heavy atom. The fraction of sp³-hybridized carbons (Fsp3) is 1.00. The summed E-state index contributed by atoms with van der Waals surface area (Å²) in [6.07, 6.45) is 5.68. The lowest BCUT2D eigenvalue weighted by atomic mass is 9.84. The van der Waals surface area contributed by atoms with Crippen molar-refractivity contribution in [3.63, 3.8) is 0 Å². The predicted octanol–water partition coefficient (Wildman–Crippen LogP) is 2.57. The number of piperazine rings is 1. The number of hydrogen-bond acceptors (Lipinski definition) is 3. The maximum Gasteiger partial charge on any atom is 0.0126 e. The summed E-state index contributed by atoms with van der Waals surface area (Å²) in [5, 5.41) is 3.72. The molecule has 0 aromatic carbocycles. The molecular weight excluding hydrogens is 246 g/mol. The fourth-order valence-corrected chi connectivity index (χ4v) is 3.89. The van der Waals surface area contributed by atoms with Crippen LogP contribution in [0.5, 0.6) is 0 Å². The van der Waals surface area contributed by atoms with Crippen LogP contribution in [0.3, 0.4) is 0 Å². The normalized spacial score (nSPS) is 30.6. The smallest absolute Gasteiger partial charge is 0.0126 e. The van der Waals surface area contributed by atoms with Crippen molar-refractivity contribution >= 4 is 0 Å². The topological polar surface area (TPSA) is 18.5 Å². The molecule has 0 bridgehead atoms. The molecule has 2 rings (SSSR count). The van der Waals surface area contributed by atoms with E-state index in [4.69, 9.17) is 0 Å². The third-order valence-electron chi connectivity index (χ3n) is 5.19. The van der Waals surface area contributed by atoms with Crippen LogP contribution < -0.4 is 5.32 Å². The zero-order chi connectivity index (χ0) is 14.6. The van der Waals surface area contributed by atoms with Gasteiger partial charge in [0.15, 0.2) is 0 Å². The van der Waals surface area contributed by atoms with E-state index in [-0.39, 0.29) is 0 Å². The van der Waals surface area contributed by atoms with Gasteiger partial charge in [0.1, 0.15) is 0 Å². The Hall–Kier alpha value is -0.120.